The summed E-state index contributed by atoms with van der Waals surface area (Å²) in [6.45, 7) is 0.712. The number of halogens is 2. The highest BCUT2D eigenvalue weighted by molar-refractivity contribution is 6.18. The van der Waals surface area contributed by atoms with Crippen molar-refractivity contribution in [1.82, 2.24) is 0 Å². The molecule has 1 N–H and O–H groups in total. The highest BCUT2D eigenvalue weighted by Crippen LogP contribution is 1.95. The summed E-state index contributed by atoms with van der Waals surface area (Å²) < 4.78 is 0.758. The first-order valence-corrected chi connectivity index (χ1v) is 3.53. The number of hydrogen-bond acceptors (Lipinski definition) is 1. The van der Waals surface area contributed by atoms with Gasteiger partial charge in [-0.15, -0.1) is 11.6 Å². The third kappa shape index (κ3) is 8.50. The van der Waals surface area contributed by atoms with Crippen molar-refractivity contribution in [1.29, 1.82) is 0 Å². The lowest BCUT2D eigenvalue weighted by molar-refractivity contribution is -0.873. The van der Waals surface area contributed by atoms with E-state index in [0.29, 0.717) is 12.4 Å². The molecule has 0 bridgehead atoms. The molecule has 0 heterocycles. The molecule has 0 saturated carbocycles. The summed E-state index contributed by atoms with van der Waals surface area (Å²) in [5, 5.41) is 9.05. The standard InChI is InChI=1S/C6H15ClNO.ClH/c1-8(2,3)5-6(9)4-7;/h6,9H,4-5H2,1-3H3;1H/q+1;/p-1. The molecule has 0 rings (SSSR count). The van der Waals surface area contributed by atoms with Crippen molar-refractivity contribution < 1.29 is 22.0 Å². The lowest BCUT2D eigenvalue weighted by Crippen LogP contribution is -3.00. The molecule has 1 unspecified atom stereocenters. The Bertz CT molecular complexity index is 82.3. The van der Waals surface area contributed by atoms with Crippen LogP contribution in [0.3, 0.4) is 0 Å². The minimum atomic E-state index is -0.369. The topological polar surface area (TPSA) is 20.2 Å². The molecule has 0 aromatic heterocycles. The van der Waals surface area contributed by atoms with Gasteiger partial charge in [0.15, 0.2) is 0 Å². The van der Waals surface area contributed by atoms with E-state index in [1.54, 1.807) is 0 Å². The van der Waals surface area contributed by atoms with Gasteiger partial charge in [0, 0.05) is 0 Å². The summed E-state index contributed by atoms with van der Waals surface area (Å²) >= 11 is 5.40. The van der Waals surface area contributed by atoms with Crippen molar-refractivity contribution in [2.75, 3.05) is 33.6 Å². The molecule has 4 heteroatoms. The predicted octanol–water partition coefficient (Wildman–Crippen LogP) is -2.70. The minimum Gasteiger partial charge on any atom is -1.00 e. The molecule has 0 aliphatic rings. The van der Waals surface area contributed by atoms with Crippen LogP contribution < -0.4 is 12.4 Å². The van der Waals surface area contributed by atoms with Gasteiger partial charge in [0.1, 0.15) is 12.6 Å². The number of aliphatic hydroxyl groups is 1. The number of likely N-dealkylation sites (N-methyl/N-ethyl adjacent to an activating group) is 1. The van der Waals surface area contributed by atoms with Gasteiger partial charge >= 0.3 is 0 Å². The Labute approximate surface area is 73.8 Å². The fourth-order valence-electron chi connectivity index (χ4n) is 0.681. The molecular formula is C6H15Cl2NO. The van der Waals surface area contributed by atoms with E-state index >= 15 is 0 Å². The quantitative estimate of drug-likeness (QED) is 0.377. The van der Waals surface area contributed by atoms with Crippen molar-refractivity contribution in [3.8, 4) is 0 Å². The summed E-state index contributed by atoms with van der Waals surface area (Å²) in [5.74, 6) is 0.329. The highest BCUT2D eigenvalue weighted by Gasteiger charge is 2.13. The van der Waals surface area contributed by atoms with Crippen molar-refractivity contribution in [3.63, 3.8) is 0 Å². The molecule has 1 atom stereocenters. The molecule has 0 aromatic carbocycles. The van der Waals surface area contributed by atoms with Gasteiger partial charge in [-0.05, 0) is 0 Å². The molecule has 0 radical (unpaired) electrons. The fourth-order valence-corrected chi connectivity index (χ4v) is 0.779. The first-order valence-electron chi connectivity index (χ1n) is 3.00. The smallest absolute Gasteiger partial charge is 0.116 e. The Kier molecular flexibility index (Phi) is 6.81. The maximum absolute atomic E-state index is 9.05. The molecule has 0 aliphatic carbocycles. The minimum absolute atomic E-state index is 0. The zero-order valence-electron chi connectivity index (χ0n) is 6.64. The molecule has 0 amide bonds. The van der Waals surface area contributed by atoms with Crippen LogP contribution in [-0.2, 0) is 0 Å². The molecule has 0 spiro atoms. The van der Waals surface area contributed by atoms with E-state index in [1.165, 1.54) is 0 Å². The van der Waals surface area contributed by atoms with Crippen LogP contribution in [0.15, 0.2) is 0 Å². The average molecular weight is 188 g/mol. The van der Waals surface area contributed by atoms with Crippen LogP contribution in [0.25, 0.3) is 0 Å². The van der Waals surface area contributed by atoms with Gasteiger partial charge in [0.25, 0.3) is 0 Å². The summed E-state index contributed by atoms with van der Waals surface area (Å²) in [6, 6.07) is 0. The SMILES string of the molecule is C[N+](C)(C)CC(O)CCl.[Cl-]. The van der Waals surface area contributed by atoms with Gasteiger partial charge in [-0.25, -0.2) is 0 Å². The Hall–Kier alpha value is 0.500. The summed E-state index contributed by atoms with van der Waals surface area (Å²) in [6.07, 6.45) is -0.369. The van der Waals surface area contributed by atoms with Crippen molar-refractivity contribution in [2.24, 2.45) is 0 Å². The van der Waals surface area contributed by atoms with E-state index < -0.39 is 0 Å². The molecule has 0 aromatic rings. The van der Waals surface area contributed by atoms with E-state index in [1.807, 2.05) is 21.1 Å². The number of nitrogens with zero attached hydrogens (tertiary/aromatic N) is 1. The van der Waals surface area contributed by atoms with Crippen LogP contribution in [-0.4, -0.2) is 49.3 Å². The monoisotopic (exact) mass is 187 g/mol. The van der Waals surface area contributed by atoms with Gasteiger partial charge in [0.2, 0.25) is 0 Å². The predicted molar refractivity (Wildman–Crippen MR) is 39.6 cm³/mol. The van der Waals surface area contributed by atoms with E-state index in [9.17, 15) is 0 Å². The Morgan fingerprint density at radius 2 is 1.80 bits per heavy atom. The number of rotatable bonds is 3. The average Bonchev–Trinajstić information content (AvgIpc) is 1.62. The van der Waals surface area contributed by atoms with Crippen molar-refractivity contribution in [2.45, 2.75) is 6.10 Å². The molecule has 2 nitrogen and oxygen atoms in total. The maximum atomic E-state index is 9.05. The molecule has 0 fully saturated rings. The lowest BCUT2D eigenvalue weighted by Gasteiger charge is -2.25. The maximum Gasteiger partial charge on any atom is 0.116 e. The zero-order chi connectivity index (χ0) is 7.49. The van der Waals surface area contributed by atoms with Gasteiger partial charge in [0.05, 0.1) is 27.0 Å². The largest absolute Gasteiger partial charge is 1.00 e. The van der Waals surface area contributed by atoms with E-state index in [2.05, 4.69) is 0 Å². The summed E-state index contributed by atoms with van der Waals surface area (Å²) in [7, 11) is 6.07. The number of aliphatic hydroxyl groups excluding tert-OH is 1. The van der Waals surface area contributed by atoms with E-state index in [-0.39, 0.29) is 18.5 Å². The van der Waals surface area contributed by atoms with Gasteiger partial charge in [-0.1, -0.05) is 0 Å². The van der Waals surface area contributed by atoms with Gasteiger partial charge < -0.3 is 22.0 Å². The van der Waals surface area contributed by atoms with Crippen LogP contribution in [0.2, 0.25) is 0 Å². The molecule has 0 saturated heterocycles. The number of hydrogen-bond donors (Lipinski definition) is 1. The van der Waals surface area contributed by atoms with E-state index in [0.717, 1.165) is 4.48 Å². The third-order valence-corrected chi connectivity index (χ3v) is 1.29. The Morgan fingerprint density at radius 3 is 1.90 bits per heavy atom. The van der Waals surface area contributed by atoms with Crippen LogP contribution in [0.4, 0.5) is 0 Å². The first kappa shape index (κ1) is 13.1. The second-order valence-electron chi connectivity index (χ2n) is 3.28. The normalized spacial score (nSPS) is 14.1. The van der Waals surface area contributed by atoms with E-state index in [4.69, 9.17) is 16.7 Å². The summed E-state index contributed by atoms with van der Waals surface area (Å²) in [5.41, 5.74) is 0. The van der Waals surface area contributed by atoms with Gasteiger partial charge in [-0.2, -0.15) is 0 Å². The third-order valence-electron chi connectivity index (χ3n) is 0.937. The Morgan fingerprint density at radius 1 is 1.40 bits per heavy atom. The second kappa shape index (κ2) is 5.19. The van der Waals surface area contributed by atoms with Gasteiger partial charge in [-0.3, -0.25) is 0 Å². The molecule has 64 valence electrons. The molecule has 0 aliphatic heterocycles. The van der Waals surface area contributed by atoms with Crippen LogP contribution >= 0.6 is 11.6 Å². The highest BCUT2D eigenvalue weighted by atomic mass is 35.5. The number of alkyl halides is 1. The van der Waals surface area contributed by atoms with Crippen LogP contribution in [0.1, 0.15) is 0 Å². The second-order valence-corrected chi connectivity index (χ2v) is 3.59. The van der Waals surface area contributed by atoms with Crippen LogP contribution in [0, 0.1) is 0 Å². The van der Waals surface area contributed by atoms with Crippen molar-refractivity contribution >= 4 is 11.6 Å². The molecular weight excluding hydrogens is 173 g/mol. The fraction of sp³-hybridized carbons (Fsp3) is 1.00. The Balaban J connectivity index is 0. The number of quaternary nitrogens is 1. The lowest BCUT2D eigenvalue weighted by atomic mass is 10.3. The summed E-state index contributed by atoms with van der Waals surface area (Å²) in [4.78, 5) is 0. The van der Waals surface area contributed by atoms with Crippen molar-refractivity contribution in [3.05, 3.63) is 0 Å². The first-order chi connectivity index (χ1) is 3.95. The zero-order valence-corrected chi connectivity index (χ0v) is 8.15. The molecule has 10 heavy (non-hydrogen) atoms. The van der Waals surface area contributed by atoms with Crippen LogP contribution in [0.5, 0.6) is 0 Å².